The molecule has 0 unspecified atom stereocenters. The van der Waals surface area contributed by atoms with Crippen LogP contribution < -0.4 is 0 Å². The minimum absolute atomic E-state index is 0.0498. The maximum Gasteiger partial charge on any atom is 0.419 e. The number of aromatic nitrogens is 1. The van der Waals surface area contributed by atoms with Crippen molar-refractivity contribution >= 4 is 106 Å². The normalized spacial score (nSPS) is 13.9. The van der Waals surface area contributed by atoms with Crippen LogP contribution in [0.2, 0.25) is 0 Å². The predicted molar refractivity (Wildman–Crippen MR) is 208 cm³/mol. The Morgan fingerprint density at radius 1 is 0.528 bits per heavy atom. The monoisotopic (exact) mass is 725 g/mol. The third-order valence-electron chi connectivity index (χ3n) is 9.84. The minimum atomic E-state index is -0.609. The number of ether oxygens (including phenoxy) is 1. The standard InChI is InChI=1S/C44H23NO6S2/c46-38-30-14-24-10-4-5-11-25(24)15-31(30)39(47)34(38)18-28-20-36-42(52-28)43-37(45(36)44(50)51-22-23-8-2-1-3-9-23)21-29(53-43)19-35-40(48)32-16-26-12-6-7-13-27(26)17-33(32)41(35)49/h1-21H,22H2. The van der Waals surface area contributed by atoms with Gasteiger partial charge in [-0.25, -0.2) is 9.36 Å². The van der Waals surface area contributed by atoms with E-state index >= 15 is 0 Å². The van der Waals surface area contributed by atoms with E-state index in [2.05, 4.69) is 0 Å². The molecule has 0 bridgehead atoms. The number of rotatable bonds is 4. The molecule has 0 amide bonds. The summed E-state index contributed by atoms with van der Waals surface area (Å²) in [5.41, 5.74) is 3.58. The van der Waals surface area contributed by atoms with Gasteiger partial charge in [-0.1, -0.05) is 78.9 Å². The molecule has 2 aliphatic carbocycles. The number of hydrogen-bond donors (Lipinski definition) is 0. The predicted octanol–water partition coefficient (Wildman–Crippen LogP) is 10.3. The molecule has 3 heterocycles. The SMILES string of the molecule is O=C1C(=Cc2cc3c(s2)c2sc(C=C4C(=O)c5cc6ccccc6cc5C4=O)cc2n3C(=O)OCc2ccccc2)C(=O)c2cc3ccccc3cc21. The maximum absolute atomic E-state index is 13.9. The van der Waals surface area contributed by atoms with Crippen LogP contribution in [0, 0.1) is 0 Å². The van der Waals surface area contributed by atoms with E-state index in [9.17, 15) is 24.0 Å². The zero-order chi connectivity index (χ0) is 36.0. The lowest BCUT2D eigenvalue weighted by Crippen LogP contribution is -2.13. The first-order valence-electron chi connectivity index (χ1n) is 16.8. The van der Waals surface area contributed by atoms with Gasteiger partial charge in [-0.2, -0.15) is 0 Å². The van der Waals surface area contributed by atoms with Crippen LogP contribution in [-0.2, 0) is 11.3 Å². The van der Waals surface area contributed by atoms with Gasteiger partial charge >= 0.3 is 6.09 Å². The van der Waals surface area contributed by atoms with Crippen molar-refractivity contribution in [3.05, 3.63) is 164 Å². The molecule has 252 valence electrons. The van der Waals surface area contributed by atoms with Gasteiger partial charge in [0.15, 0.2) is 23.1 Å². The lowest BCUT2D eigenvalue weighted by atomic mass is 10.0. The third kappa shape index (κ3) is 4.89. The van der Waals surface area contributed by atoms with Crippen molar-refractivity contribution in [3.63, 3.8) is 0 Å². The molecular weight excluding hydrogens is 703 g/mol. The van der Waals surface area contributed by atoms with E-state index < -0.39 is 6.09 Å². The van der Waals surface area contributed by atoms with Crippen LogP contribution in [0.1, 0.15) is 56.7 Å². The van der Waals surface area contributed by atoms with E-state index in [0.717, 1.165) is 36.5 Å². The number of allylic oxidation sites excluding steroid dienone is 2. The molecule has 0 spiro atoms. The van der Waals surface area contributed by atoms with Gasteiger partial charge in [-0.05, 0) is 75.7 Å². The largest absolute Gasteiger partial charge is 0.444 e. The fourth-order valence-electron chi connectivity index (χ4n) is 7.28. The Morgan fingerprint density at radius 3 is 1.30 bits per heavy atom. The summed E-state index contributed by atoms with van der Waals surface area (Å²) in [5, 5.41) is 3.51. The van der Waals surface area contributed by atoms with Crippen LogP contribution in [0.15, 0.2) is 126 Å². The van der Waals surface area contributed by atoms with Gasteiger partial charge in [0.1, 0.15) is 6.61 Å². The van der Waals surface area contributed by atoms with Gasteiger partial charge in [0.05, 0.1) is 31.6 Å². The third-order valence-corrected chi connectivity index (χ3v) is 12.1. The second-order valence-electron chi connectivity index (χ2n) is 13.0. The second kappa shape index (κ2) is 11.7. The Labute approximate surface area is 308 Å². The van der Waals surface area contributed by atoms with Gasteiger partial charge in [-0.3, -0.25) is 19.2 Å². The average molecular weight is 726 g/mol. The lowest BCUT2D eigenvalue weighted by Gasteiger charge is -2.07. The molecule has 10 rings (SSSR count). The Balaban J connectivity index is 1.07. The Kier molecular flexibility index (Phi) is 6.91. The van der Waals surface area contributed by atoms with E-state index in [4.69, 9.17) is 4.74 Å². The lowest BCUT2D eigenvalue weighted by molar-refractivity contribution is 0.0975. The van der Waals surface area contributed by atoms with Crippen LogP contribution in [-0.4, -0.2) is 33.8 Å². The summed E-state index contributed by atoms with van der Waals surface area (Å²) < 4.78 is 8.76. The highest BCUT2D eigenvalue weighted by Gasteiger charge is 2.35. The molecule has 2 aliphatic rings. The van der Waals surface area contributed by atoms with Crippen molar-refractivity contribution in [2.24, 2.45) is 0 Å². The molecule has 0 saturated heterocycles. The Morgan fingerprint density at radius 2 is 0.906 bits per heavy atom. The number of ketones is 4. The summed E-state index contributed by atoms with van der Waals surface area (Å²) >= 11 is 2.69. The highest BCUT2D eigenvalue weighted by molar-refractivity contribution is 7.28. The fraction of sp³-hybridized carbons (Fsp3) is 0.0227. The molecule has 0 radical (unpaired) electrons. The topological polar surface area (TPSA) is 99.5 Å². The number of Topliss-reactive ketones (excluding diaryl/α,β-unsaturated/α-hetero) is 4. The number of carbonyl (C=O) groups excluding carboxylic acids is 5. The highest BCUT2D eigenvalue weighted by atomic mass is 32.1. The van der Waals surface area contributed by atoms with Crippen LogP contribution in [0.3, 0.4) is 0 Å². The van der Waals surface area contributed by atoms with Gasteiger partial charge < -0.3 is 4.74 Å². The number of carbonyl (C=O) groups is 5. The van der Waals surface area contributed by atoms with Crippen LogP contribution in [0.5, 0.6) is 0 Å². The Hall–Kier alpha value is -6.55. The van der Waals surface area contributed by atoms with E-state index in [1.165, 1.54) is 27.2 Å². The summed E-state index contributed by atoms with van der Waals surface area (Å²) in [6, 6.07) is 35.2. The van der Waals surface area contributed by atoms with E-state index in [-0.39, 0.29) is 40.9 Å². The number of thiophene rings is 2. The van der Waals surface area contributed by atoms with Crippen molar-refractivity contribution in [1.29, 1.82) is 0 Å². The molecule has 0 atom stereocenters. The molecule has 3 aromatic heterocycles. The van der Waals surface area contributed by atoms with Crippen molar-refractivity contribution in [2.75, 3.05) is 0 Å². The van der Waals surface area contributed by atoms with Crippen molar-refractivity contribution in [2.45, 2.75) is 6.61 Å². The molecule has 0 saturated carbocycles. The van der Waals surface area contributed by atoms with E-state index in [1.807, 2.05) is 78.9 Å². The summed E-state index contributed by atoms with van der Waals surface area (Å²) in [5.74, 6) is -1.36. The Bertz CT molecular complexity index is 2760. The number of nitrogens with zero attached hydrogens (tertiary/aromatic N) is 1. The summed E-state index contributed by atoms with van der Waals surface area (Å²) in [7, 11) is 0. The molecule has 0 N–H and O–H groups in total. The van der Waals surface area contributed by atoms with Crippen molar-refractivity contribution in [3.8, 4) is 0 Å². The molecule has 9 heteroatoms. The first-order valence-corrected chi connectivity index (χ1v) is 18.4. The number of hydrogen-bond acceptors (Lipinski definition) is 8. The molecule has 53 heavy (non-hydrogen) atoms. The quantitative estimate of drug-likeness (QED) is 0.132. The van der Waals surface area contributed by atoms with Gasteiger partial charge in [0, 0.05) is 32.0 Å². The fourth-order valence-corrected chi connectivity index (χ4v) is 9.60. The first kappa shape index (κ1) is 31.2. The van der Waals surface area contributed by atoms with Gasteiger partial charge in [-0.15, -0.1) is 22.7 Å². The average Bonchev–Trinajstić information content (AvgIpc) is 3.95. The van der Waals surface area contributed by atoms with Gasteiger partial charge in [0.25, 0.3) is 0 Å². The van der Waals surface area contributed by atoms with Crippen LogP contribution in [0.25, 0.3) is 54.1 Å². The highest BCUT2D eigenvalue weighted by Crippen LogP contribution is 2.43. The first-order chi connectivity index (χ1) is 25.8. The molecule has 8 aromatic rings. The van der Waals surface area contributed by atoms with Crippen LogP contribution in [0.4, 0.5) is 4.79 Å². The zero-order valence-corrected chi connectivity index (χ0v) is 29.2. The zero-order valence-electron chi connectivity index (χ0n) is 27.5. The maximum atomic E-state index is 13.9. The summed E-state index contributed by atoms with van der Waals surface area (Å²) in [4.78, 5) is 69.3. The van der Waals surface area contributed by atoms with Crippen molar-refractivity contribution in [1.82, 2.24) is 4.57 Å². The molecule has 7 nitrogen and oxygen atoms in total. The van der Waals surface area contributed by atoms with Crippen molar-refractivity contribution < 1.29 is 28.7 Å². The smallest absolute Gasteiger partial charge is 0.419 e. The second-order valence-corrected chi connectivity index (χ2v) is 15.2. The molecular formula is C44H23NO6S2. The van der Waals surface area contributed by atoms with E-state index in [1.54, 1.807) is 48.6 Å². The van der Waals surface area contributed by atoms with Crippen LogP contribution >= 0.6 is 22.7 Å². The number of benzene rings is 5. The summed E-state index contributed by atoms with van der Waals surface area (Å²) in [6.45, 7) is 0.0498. The molecule has 5 aromatic carbocycles. The number of fused-ring (bicyclic) bond motifs is 7. The van der Waals surface area contributed by atoms with E-state index in [0.29, 0.717) is 43.0 Å². The summed E-state index contributed by atoms with van der Waals surface area (Å²) in [6.07, 6.45) is 2.58. The molecule has 0 aliphatic heterocycles. The van der Waals surface area contributed by atoms with Gasteiger partial charge in [0.2, 0.25) is 0 Å². The minimum Gasteiger partial charge on any atom is -0.444 e. The molecule has 0 fully saturated rings.